The summed E-state index contributed by atoms with van der Waals surface area (Å²) in [5.74, 6) is 0.945. The zero-order chi connectivity index (χ0) is 17.4. The molecule has 2 aliphatic rings. The number of hydrogen-bond donors (Lipinski definition) is 0. The zero-order valence-corrected chi connectivity index (χ0v) is 16.1. The van der Waals surface area contributed by atoms with E-state index in [9.17, 15) is 4.79 Å². The molecule has 3 heteroatoms. The number of ketones is 1. The summed E-state index contributed by atoms with van der Waals surface area (Å²) in [6.07, 6.45) is 13.8. The maximum absolute atomic E-state index is 12.9. The normalized spacial score (nSPS) is 34.7. The molecule has 0 aromatic heterocycles. The summed E-state index contributed by atoms with van der Waals surface area (Å²) >= 11 is 0. The summed E-state index contributed by atoms with van der Waals surface area (Å²) in [7, 11) is 0. The molecule has 2 saturated carbocycles. The molecule has 3 nitrogen and oxygen atoms in total. The third kappa shape index (κ3) is 5.56. The van der Waals surface area contributed by atoms with Crippen molar-refractivity contribution in [3.8, 4) is 0 Å². The molecule has 0 N–H and O–H groups in total. The molecule has 0 amide bonds. The highest BCUT2D eigenvalue weighted by atomic mass is 16.7. The number of Topliss-reactive ketones (excluding diaryl/α,β-unsaturated/α-hetero) is 1. The first kappa shape index (κ1) is 19.9. The maximum atomic E-state index is 12.9. The van der Waals surface area contributed by atoms with Crippen LogP contribution in [0.4, 0.5) is 0 Å². The molecule has 24 heavy (non-hydrogen) atoms. The standard InChI is InChI=1S/C21H38O3/c1-4-23-18(3)24-21-14-12-10-8-6-5-7-9-11-13-19(21)20(22)15-17(2)16-21/h17-19H,4-16H2,1-3H3. The van der Waals surface area contributed by atoms with Crippen molar-refractivity contribution in [1.82, 2.24) is 0 Å². The van der Waals surface area contributed by atoms with Crippen LogP contribution in [0.3, 0.4) is 0 Å². The second-order valence-corrected chi connectivity index (χ2v) is 8.11. The number of carbonyl (C=O) groups excluding carboxylic acids is 1. The Hall–Kier alpha value is -0.410. The third-order valence-electron chi connectivity index (χ3n) is 5.91. The highest BCUT2D eigenvalue weighted by Crippen LogP contribution is 2.44. The molecule has 140 valence electrons. The summed E-state index contributed by atoms with van der Waals surface area (Å²) in [6.45, 7) is 6.87. The van der Waals surface area contributed by atoms with Gasteiger partial charge in [-0.05, 0) is 39.0 Å². The molecule has 2 fully saturated rings. The SMILES string of the molecule is CCOC(C)OC12CCCCCCCCCCC1C(=O)CC(C)C2. The molecule has 0 bridgehead atoms. The fraction of sp³-hybridized carbons (Fsp3) is 0.952. The Bertz CT molecular complexity index is 381. The minimum Gasteiger partial charge on any atom is -0.353 e. The Labute approximate surface area is 148 Å². The lowest BCUT2D eigenvalue weighted by Crippen LogP contribution is -2.52. The zero-order valence-electron chi connectivity index (χ0n) is 16.1. The van der Waals surface area contributed by atoms with Crippen LogP contribution in [0.1, 0.15) is 97.8 Å². The molecule has 2 rings (SSSR count). The molecule has 0 aromatic carbocycles. The third-order valence-corrected chi connectivity index (χ3v) is 5.91. The molecule has 0 aliphatic heterocycles. The molecule has 0 radical (unpaired) electrons. The summed E-state index contributed by atoms with van der Waals surface area (Å²) < 4.78 is 12.2. The van der Waals surface area contributed by atoms with Gasteiger partial charge < -0.3 is 9.47 Å². The summed E-state index contributed by atoms with van der Waals surface area (Å²) in [6, 6.07) is 0. The molecule has 0 saturated heterocycles. The molecule has 2 aliphatic carbocycles. The van der Waals surface area contributed by atoms with Gasteiger partial charge in [0, 0.05) is 18.9 Å². The average molecular weight is 339 g/mol. The van der Waals surface area contributed by atoms with E-state index in [0.29, 0.717) is 18.3 Å². The van der Waals surface area contributed by atoms with E-state index in [4.69, 9.17) is 9.47 Å². The Balaban J connectivity index is 2.18. The van der Waals surface area contributed by atoms with Crippen molar-refractivity contribution >= 4 is 5.78 Å². The van der Waals surface area contributed by atoms with Gasteiger partial charge in [0.25, 0.3) is 0 Å². The Morgan fingerprint density at radius 3 is 2.38 bits per heavy atom. The Morgan fingerprint density at radius 2 is 1.71 bits per heavy atom. The van der Waals surface area contributed by atoms with E-state index >= 15 is 0 Å². The van der Waals surface area contributed by atoms with Crippen LogP contribution in [0.2, 0.25) is 0 Å². The van der Waals surface area contributed by atoms with Crippen molar-refractivity contribution in [1.29, 1.82) is 0 Å². The minimum atomic E-state index is -0.289. The van der Waals surface area contributed by atoms with Gasteiger partial charge in [-0.2, -0.15) is 0 Å². The molecule has 0 aromatic rings. The lowest BCUT2D eigenvalue weighted by molar-refractivity contribution is -0.232. The molecule has 4 unspecified atom stereocenters. The van der Waals surface area contributed by atoms with Gasteiger partial charge in [0.15, 0.2) is 6.29 Å². The molecule has 4 atom stereocenters. The number of hydrogen-bond acceptors (Lipinski definition) is 3. The van der Waals surface area contributed by atoms with Gasteiger partial charge >= 0.3 is 0 Å². The van der Waals surface area contributed by atoms with Crippen molar-refractivity contribution in [2.45, 2.75) is 110 Å². The summed E-state index contributed by atoms with van der Waals surface area (Å²) in [5, 5.41) is 0. The predicted octanol–water partition coefficient (Wildman–Crippen LogP) is 5.65. The van der Waals surface area contributed by atoms with Gasteiger partial charge in [-0.25, -0.2) is 0 Å². The summed E-state index contributed by atoms with van der Waals surface area (Å²) in [4.78, 5) is 12.9. The van der Waals surface area contributed by atoms with Crippen molar-refractivity contribution in [2.75, 3.05) is 6.61 Å². The van der Waals surface area contributed by atoms with E-state index in [1.807, 2.05) is 13.8 Å². The van der Waals surface area contributed by atoms with Gasteiger partial charge in [-0.1, -0.05) is 58.3 Å². The number of carbonyl (C=O) groups is 1. The molecular weight excluding hydrogens is 300 g/mol. The van der Waals surface area contributed by atoms with E-state index in [1.54, 1.807) is 0 Å². The van der Waals surface area contributed by atoms with Crippen LogP contribution in [0.5, 0.6) is 0 Å². The van der Waals surface area contributed by atoms with Crippen LogP contribution in [0, 0.1) is 11.8 Å². The predicted molar refractivity (Wildman–Crippen MR) is 98.0 cm³/mol. The molecule has 0 spiro atoms. The minimum absolute atomic E-state index is 0.0797. The topological polar surface area (TPSA) is 35.5 Å². The quantitative estimate of drug-likeness (QED) is 0.621. The first-order valence-electron chi connectivity index (χ1n) is 10.4. The second-order valence-electron chi connectivity index (χ2n) is 8.11. The monoisotopic (exact) mass is 338 g/mol. The highest BCUT2D eigenvalue weighted by Gasteiger charge is 2.48. The van der Waals surface area contributed by atoms with Crippen LogP contribution in [0.25, 0.3) is 0 Å². The van der Waals surface area contributed by atoms with Gasteiger partial charge in [0.1, 0.15) is 5.78 Å². The van der Waals surface area contributed by atoms with E-state index in [2.05, 4.69) is 6.92 Å². The number of rotatable bonds is 4. The van der Waals surface area contributed by atoms with Crippen molar-refractivity contribution in [2.24, 2.45) is 11.8 Å². The number of ether oxygens (including phenoxy) is 2. The fourth-order valence-electron chi connectivity index (χ4n) is 4.91. The van der Waals surface area contributed by atoms with Gasteiger partial charge in [0.05, 0.1) is 5.60 Å². The fourth-order valence-corrected chi connectivity index (χ4v) is 4.91. The lowest BCUT2D eigenvalue weighted by atomic mass is 9.66. The van der Waals surface area contributed by atoms with E-state index in [0.717, 1.165) is 25.7 Å². The van der Waals surface area contributed by atoms with Crippen LogP contribution >= 0.6 is 0 Å². The smallest absolute Gasteiger partial charge is 0.155 e. The Morgan fingerprint density at radius 1 is 1.08 bits per heavy atom. The number of fused-ring (bicyclic) bond motifs is 1. The largest absolute Gasteiger partial charge is 0.353 e. The Kier molecular flexibility index (Phi) is 8.22. The summed E-state index contributed by atoms with van der Waals surface area (Å²) in [5.41, 5.74) is -0.289. The van der Waals surface area contributed by atoms with Crippen molar-refractivity contribution < 1.29 is 14.3 Å². The van der Waals surface area contributed by atoms with Crippen LogP contribution in [0.15, 0.2) is 0 Å². The van der Waals surface area contributed by atoms with Gasteiger partial charge in [0.2, 0.25) is 0 Å². The van der Waals surface area contributed by atoms with Crippen molar-refractivity contribution in [3.05, 3.63) is 0 Å². The van der Waals surface area contributed by atoms with E-state index in [-0.39, 0.29) is 17.8 Å². The van der Waals surface area contributed by atoms with Crippen molar-refractivity contribution in [3.63, 3.8) is 0 Å². The molecular formula is C21H38O3. The van der Waals surface area contributed by atoms with E-state index in [1.165, 1.54) is 51.4 Å². The van der Waals surface area contributed by atoms with Crippen LogP contribution in [-0.4, -0.2) is 24.3 Å². The van der Waals surface area contributed by atoms with Crippen LogP contribution in [-0.2, 0) is 14.3 Å². The highest BCUT2D eigenvalue weighted by molar-refractivity contribution is 5.83. The first-order chi connectivity index (χ1) is 11.6. The molecule has 0 heterocycles. The van der Waals surface area contributed by atoms with Gasteiger partial charge in [-0.15, -0.1) is 0 Å². The average Bonchev–Trinajstić information content (AvgIpc) is 2.49. The first-order valence-corrected chi connectivity index (χ1v) is 10.4. The van der Waals surface area contributed by atoms with Gasteiger partial charge in [-0.3, -0.25) is 4.79 Å². The lowest BCUT2D eigenvalue weighted by Gasteiger charge is -2.47. The van der Waals surface area contributed by atoms with E-state index < -0.39 is 0 Å². The van der Waals surface area contributed by atoms with Crippen LogP contribution < -0.4 is 0 Å². The maximum Gasteiger partial charge on any atom is 0.155 e. The second kappa shape index (κ2) is 9.91.